The molecule has 1 N–H and O–H groups in total. The second-order valence-electron chi connectivity index (χ2n) is 4.84. The molecule has 0 aliphatic heterocycles. The summed E-state index contributed by atoms with van der Waals surface area (Å²) in [4.78, 5) is 0. The summed E-state index contributed by atoms with van der Waals surface area (Å²) in [6.45, 7) is 6.28. The van der Waals surface area contributed by atoms with Gasteiger partial charge in [0.05, 0.1) is 6.20 Å². The van der Waals surface area contributed by atoms with Crippen LogP contribution in [0.2, 0.25) is 0 Å². The van der Waals surface area contributed by atoms with E-state index in [1.54, 1.807) is 0 Å². The summed E-state index contributed by atoms with van der Waals surface area (Å²) in [5.74, 6) is 0. The number of hydrogen-bond donors (Lipinski definition) is 1. The van der Waals surface area contributed by atoms with Gasteiger partial charge in [-0.25, -0.2) is 0 Å². The van der Waals surface area contributed by atoms with E-state index in [9.17, 15) is 0 Å². The fourth-order valence-corrected chi connectivity index (χ4v) is 2.31. The first-order valence-corrected chi connectivity index (χ1v) is 7.13. The number of hydrogen-bond acceptors (Lipinski definition) is 2. The summed E-state index contributed by atoms with van der Waals surface area (Å²) in [6.07, 6.45) is 6.28. The fourth-order valence-electron chi connectivity index (χ4n) is 2.31. The minimum absolute atomic E-state index is 0.345. The summed E-state index contributed by atoms with van der Waals surface area (Å²) in [6, 6.07) is 11.0. The SMILES string of the molecule is CCCn1cc(C(Cc2ccccc2)NCC)cn1. The van der Waals surface area contributed by atoms with E-state index in [2.05, 4.69) is 60.8 Å². The first-order valence-electron chi connectivity index (χ1n) is 7.13. The second kappa shape index (κ2) is 7.10. The van der Waals surface area contributed by atoms with Crippen LogP contribution in [0.25, 0.3) is 0 Å². The maximum Gasteiger partial charge on any atom is 0.0537 e. The number of likely N-dealkylation sites (N-methyl/N-ethyl adjacent to an activating group) is 1. The normalized spacial score (nSPS) is 12.5. The Morgan fingerprint density at radius 3 is 2.68 bits per heavy atom. The molecule has 0 aliphatic carbocycles. The summed E-state index contributed by atoms with van der Waals surface area (Å²) >= 11 is 0. The van der Waals surface area contributed by atoms with Crippen molar-refractivity contribution in [2.24, 2.45) is 0 Å². The predicted octanol–water partition coefficient (Wildman–Crippen LogP) is 3.19. The highest BCUT2D eigenvalue weighted by molar-refractivity contribution is 5.20. The maximum atomic E-state index is 4.43. The van der Waals surface area contributed by atoms with E-state index >= 15 is 0 Å². The summed E-state index contributed by atoms with van der Waals surface area (Å²) in [7, 11) is 0. The molecule has 0 aliphatic rings. The van der Waals surface area contributed by atoms with Crippen LogP contribution >= 0.6 is 0 Å². The molecule has 19 heavy (non-hydrogen) atoms. The minimum Gasteiger partial charge on any atom is -0.310 e. The van der Waals surface area contributed by atoms with Crippen LogP contribution in [-0.4, -0.2) is 16.3 Å². The molecule has 0 amide bonds. The average molecular weight is 257 g/mol. The van der Waals surface area contributed by atoms with Gasteiger partial charge in [-0.2, -0.15) is 5.10 Å². The van der Waals surface area contributed by atoms with Gasteiger partial charge < -0.3 is 5.32 Å². The molecule has 1 unspecified atom stereocenters. The third-order valence-corrected chi connectivity index (χ3v) is 3.24. The fraction of sp³-hybridized carbons (Fsp3) is 0.438. The molecule has 3 nitrogen and oxygen atoms in total. The average Bonchev–Trinajstić information content (AvgIpc) is 2.88. The third kappa shape index (κ3) is 3.93. The Labute approximate surface area is 115 Å². The Hall–Kier alpha value is -1.61. The molecule has 0 spiro atoms. The molecule has 0 fully saturated rings. The smallest absolute Gasteiger partial charge is 0.0537 e. The Morgan fingerprint density at radius 2 is 2.00 bits per heavy atom. The van der Waals surface area contributed by atoms with Crippen LogP contribution in [0.4, 0.5) is 0 Å². The van der Waals surface area contributed by atoms with Crippen molar-refractivity contribution in [1.82, 2.24) is 15.1 Å². The van der Waals surface area contributed by atoms with E-state index in [4.69, 9.17) is 0 Å². The molecule has 1 atom stereocenters. The number of nitrogens with zero attached hydrogens (tertiary/aromatic N) is 2. The number of aromatic nitrogens is 2. The van der Waals surface area contributed by atoms with Crippen molar-refractivity contribution in [3.63, 3.8) is 0 Å². The molecular weight excluding hydrogens is 234 g/mol. The number of nitrogens with one attached hydrogen (secondary N) is 1. The molecule has 102 valence electrons. The monoisotopic (exact) mass is 257 g/mol. The number of rotatable bonds is 7. The maximum absolute atomic E-state index is 4.43. The Morgan fingerprint density at radius 1 is 1.21 bits per heavy atom. The van der Waals surface area contributed by atoms with Gasteiger partial charge >= 0.3 is 0 Å². The molecule has 0 bridgehead atoms. The van der Waals surface area contributed by atoms with E-state index in [0.29, 0.717) is 6.04 Å². The van der Waals surface area contributed by atoms with Crippen molar-refractivity contribution in [2.75, 3.05) is 6.54 Å². The van der Waals surface area contributed by atoms with Crippen LogP contribution in [0.3, 0.4) is 0 Å². The van der Waals surface area contributed by atoms with Crippen LogP contribution in [0.1, 0.15) is 37.4 Å². The zero-order valence-electron chi connectivity index (χ0n) is 11.8. The highest BCUT2D eigenvalue weighted by Crippen LogP contribution is 2.18. The van der Waals surface area contributed by atoms with Crippen molar-refractivity contribution < 1.29 is 0 Å². The zero-order chi connectivity index (χ0) is 13.5. The standard InChI is InChI=1S/C16H23N3/c1-3-10-19-13-15(12-18-19)16(17-4-2)11-14-8-6-5-7-9-14/h5-9,12-13,16-17H,3-4,10-11H2,1-2H3. The van der Waals surface area contributed by atoms with Gasteiger partial charge in [0.2, 0.25) is 0 Å². The van der Waals surface area contributed by atoms with Crippen molar-refractivity contribution in [2.45, 2.75) is 39.3 Å². The van der Waals surface area contributed by atoms with Crippen LogP contribution in [-0.2, 0) is 13.0 Å². The molecule has 1 aromatic carbocycles. The van der Waals surface area contributed by atoms with Gasteiger partial charge in [0.25, 0.3) is 0 Å². The Bertz CT molecular complexity index is 476. The Balaban J connectivity index is 2.10. The molecule has 0 saturated carbocycles. The van der Waals surface area contributed by atoms with Gasteiger partial charge in [0.15, 0.2) is 0 Å². The summed E-state index contributed by atoms with van der Waals surface area (Å²) < 4.78 is 2.03. The molecule has 0 radical (unpaired) electrons. The zero-order valence-corrected chi connectivity index (χ0v) is 11.8. The van der Waals surface area contributed by atoms with E-state index in [1.807, 2.05) is 10.9 Å². The molecule has 2 aromatic rings. The molecule has 1 aromatic heterocycles. The summed E-state index contributed by atoms with van der Waals surface area (Å²) in [5.41, 5.74) is 2.64. The van der Waals surface area contributed by atoms with Crippen molar-refractivity contribution in [3.05, 3.63) is 53.9 Å². The van der Waals surface area contributed by atoms with E-state index in [0.717, 1.165) is 25.9 Å². The predicted molar refractivity (Wildman–Crippen MR) is 79.1 cm³/mol. The van der Waals surface area contributed by atoms with Crippen LogP contribution < -0.4 is 5.32 Å². The molecule has 0 saturated heterocycles. The largest absolute Gasteiger partial charge is 0.310 e. The van der Waals surface area contributed by atoms with Crippen LogP contribution in [0, 0.1) is 0 Å². The first kappa shape index (κ1) is 13.8. The van der Waals surface area contributed by atoms with Crippen LogP contribution in [0.15, 0.2) is 42.7 Å². The molecule has 1 heterocycles. The van der Waals surface area contributed by atoms with E-state index in [-0.39, 0.29) is 0 Å². The lowest BCUT2D eigenvalue weighted by atomic mass is 10.0. The van der Waals surface area contributed by atoms with Crippen molar-refractivity contribution >= 4 is 0 Å². The summed E-state index contributed by atoms with van der Waals surface area (Å²) in [5, 5.41) is 7.98. The van der Waals surface area contributed by atoms with Crippen molar-refractivity contribution in [3.8, 4) is 0 Å². The van der Waals surface area contributed by atoms with Gasteiger partial charge in [0.1, 0.15) is 0 Å². The first-order chi connectivity index (χ1) is 9.33. The van der Waals surface area contributed by atoms with E-state index in [1.165, 1.54) is 11.1 Å². The third-order valence-electron chi connectivity index (χ3n) is 3.24. The topological polar surface area (TPSA) is 29.9 Å². The Kier molecular flexibility index (Phi) is 5.16. The van der Waals surface area contributed by atoms with Gasteiger partial charge in [-0.1, -0.05) is 44.2 Å². The second-order valence-corrected chi connectivity index (χ2v) is 4.84. The highest BCUT2D eigenvalue weighted by Gasteiger charge is 2.13. The lowest BCUT2D eigenvalue weighted by Crippen LogP contribution is -2.22. The molecule has 2 rings (SSSR count). The van der Waals surface area contributed by atoms with Gasteiger partial charge in [0, 0.05) is 24.3 Å². The van der Waals surface area contributed by atoms with Crippen molar-refractivity contribution in [1.29, 1.82) is 0 Å². The lowest BCUT2D eigenvalue weighted by molar-refractivity contribution is 0.547. The minimum atomic E-state index is 0.345. The number of aryl methyl sites for hydroxylation is 1. The lowest BCUT2D eigenvalue weighted by Gasteiger charge is -2.16. The van der Waals surface area contributed by atoms with Gasteiger partial charge in [-0.05, 0) is 24.9 Å². The van der Waals surface area contributed by atoms with E-state index < -0.39 is 0 Å². The quantitative estimate of drug-likeness (QED) is 0.825. The highest BCUT2D eigenvalue weighted by atomic mass is 15.3. The van der Waals surface area contributed by atoms with Crippen LogP contribution in [0.5, 0.6) is 0 Å². The molecule has 3 heteroatoms. The number of benzene rings is 1. The van der Waals surface area contributed by atoms with Gasteiger partial charge in [-0.3, -0.25) is 4.68 Å². The molecular formula is C16H23N3. The van der Waals surface area contributed by atoms with Gasteiger partial charge in [-0.15, -0.1) is 0 Å².